The molecule has 3 atom stereocenters. The third-order valence-electron chi connectivity index (χ3n) is 5.71. The summed E-state index contributed by atoms with van der Waals surface area (Å²) in [7, 11) is 4.18. The molecule has 3 rings (SSSR count). The minimum atomic E-state index is -0.670. The van der Waals surface area contributed by atoms with E-state index in [1.54, 1.807) is 0 Å². The van der Waals surface area contributed by atoms with Crippen molar-refractivity contribution >= 4 is 0 Å². The van der Waals surface area contributed by atoms with Crippen LogP contribution in [0.4, 0.5) is 0 Å². The lowest BCUT2D eigenvalue weighted by molar-refractivity contribution is -0.0488. The molecule has 0 spiro atoms. The van der Waals surface area contributed by atoms with Crippen LogP contribution in [0.1, 0.15) is 36.8 Å². The molecular weight excluding hydrogens is 334 g/mol. The molecule has 1 unspecified atom stereocenters. The minimum absolute atomic E-state index is 0.205. The molecule has 0 heterocycles. The second-order valence-electron chi connectivity index (χ2n) is 8.27. The van der Waals surface area contributed by atoms with E-state index in [1.165, 1.54) is 11.1 Å². The molecule has 2 aromatic rings. The van der Waals surface area contributed by atoms with Crippen molar-refractivity contribution in [3.8, 4) is 0 Å². The molecule has 0 bridgehead atoms. The summed E-state index contributed by atoms with van der Waals surface area (Å²) in [5, 5.41) is 11.6. The second-order valence-corrected chi connectivity index (χ2v) is 8.27. The van der Waals surface area contributed by atoms with E-state index >= 15 is 0 Å². The molecule has 3 nitrogen and oxygen atoms in total. The van der Waals surface area contributed by atoms with Gasteiger partial charge in [0.1, 0.15) is 0 Å². The number of hydrogen-bond donors (Lipinski definition) is 1. The zero-order chi connectivity index (χ0) is 19.1. The average Bonchev–Trinajstić information content (AvgIpc) is 2.80. The van der Waals surface area contributed by atoms with Gasteiger partial charge in [-0.3, -0.25) is 0 Å². The standard InChI is InChI=1S/C24H33NO2/c1-25(2)18-22-16-23(27-19-21-12-7-4-8-13-21)14-9-15-24(22,26)17-20-10-5-3-6-11-20/h3-8,10-13,22-23,26H,9,14-19H2,1-2H3/t22-,23?,24+/m0/s1. The lowest BCUT2D eigenvalue weighted by Crippen LogP contribution is -2.45. The molecule has 1 N–H and O–H groups in total. The molecule has 0 aromatic heterocycles. The lowest BCUT2D eigenvalue weighted by Gasteiger charge is -2.37. The Morgan fingerprint density at radius 3 is 2.26 bits per heavy atom. The predicted octanol–water partition coefficient (Wildman–Crippen LogP) is 4.30. The highest BCUT2D eigenvalue weighted by Crippen LogP contribution is 2.37. The second kappa shape index (κ2) is 9.50. The summed E-state index contributed by atoms with van der Waals surface area (Å²) in [5.41, 5.74) is 1.76. The summed E-state index contributed by atoms with van der Waals surface area (Å²) in [6.07, 6.45) is 4.71. The third-order valence-corrected chi connectivity index (χ3v) is 5.71. The fraction of sp³-hybridized carbons (Fsp3) is 0.500. The zero-order valence-corrected chi connectivity index (χ0v) is 16.7. The van der Waals surface area contributed by atoms with E-state index in [9.17, 15) is 5.11 Å². The molecular formula is C24H33NO2. The van der Waals surface area contributed by atoms with Crippen LogP contribution in [0.15, 0.2) is 60.7 Å². The summed E-state index contributed by atoms with van der Waals surface area (Å²) >= 11 is 0. The number of nitrogens with zero attached hydrogens (tertiary/aromatic N) is 1. The first-order chi connectivity index (χ1) is 13.0. The maximum Gasteiger partial charge on any atom is 0.0729 e. The van der Waals surface area contributed by atoms with Crippen LogP contribution in [-0.2, 0) is 17.8 Å². The molecule has 27 heavy (non-hydrogen) atoms. The topological polar surface area (TPSA) is 32.7 Å². The number of benzene rings is 2. The van der Waals surface area contributed by atoms with E-state index in [0.29, 0.717) is 6.61 Å². The summed E-state index contributed by atoms with van der Waals surface area (Å²) in [4.78, 5) is 2.19. The number of hydrogen-bond acceptors (Lipinski definition) is 3. The van der Waals surface area contributed by atoms with E-state index in [4.69, 9.17) is 4.74 Å². The Hall–Kier alpha value is -1.68. The molecule has 0 saturated heterocycles. The van der Waals surface area contributed by atoms with Crippen LogP contribution in [0.3, 0.4) is 0 Å². The van der Waals surface area contributed by atoms with Gasteiger partial charge in [0.25, 0.3) is 0 Å². The summed E-state index contributed by atoms with van der Waals surface area (Å²) in [6, 6.07) is 20.8. The van der Waals surface area contributed by atoms with E-state index < -0.39 is 5.60 Å². The maximum atomic E-state index is 11.6. The van der Waals surface area contributed by atoms with Crippen molar-refractivity contribution in [1.82, 2.24) is 4.90 Å². The zero-order valence-electron chi connectivity index (χ0n) is 16.7. The molecule has 0 radical (unpaired) electrons. The molecule has 0 amide bonds. The van der Waals surface area contributed by atoms with Crippen LogP contribution in [0.25, 0.3) is 0 Å². The Balaban J connectivity index is 1.69. The first-order valence-electron chi connectivity index (χ1n) is 10.1. The average molecular weight is 368 g/mol. The van der Waals surface area contributed by atoms with Gasteiger partial charge < -0.3 is 14.7 Å². The van der Waals surface area contributed by atoms with Crippen LogP contribution in [0.2, 0.25) is 0 Å². The number of rotatable bonds is 7. The van der Waals surface area contributed by atoms with Crippen molar-refractivity contribution in [3.63, 3.8) is 0 Å². The quantitative estimate of drug-likeness (QED) is 0.741. The Kier molecular flexibility index (Phi) is 7.06. The first-order valence-corrected chi connectivity index (χ1v) is 10.1. The van der Waals surface area contributed by atoms with E-state index in [-0.39, 0.29) is 12.0 Å². The molecule has 146 valence electrons. The van der Waals surface area contributed by atoms with E-state index in [0.717, 1.165) is 38.6 Å². The van der Waals surface area contributed by atoms with Crippen LogP contribution < -0.4 is 0 Å². The van der Waals surface area contributed by atoms with Gasteiger partial charge in [-0.05, 0) is 50.9 Å². The minimum Gasteiger partial charge on any atom is -0.389 e. The van der Waals surface area contributed by atoms with Crippen molar-refractivity contribution in [1.29, 1.82) is 0 Å². The maximum absolute atomic E-state index is 11.6. The van der Waals surface area contributed by atoms with Crippen LogP contribution in [0, 0.1) is 5.92 Å². The number of aliphatic hydroxyl groups is 1. The Morgan fingerprint density at radius 1 is 1.00 bits per heavy atom. The van der Waals surface area contributed by atoms with Gasteiger partial charge in [-0.1, -0.05) is 60.7 Å². The fourth-order valence-corrected chi connectivity index (χ4v) is 4.30. The Morgan fingerprint density at radius 2 is 1.63 bits per heavy atom. The van der Waals surface area contributed by atoms with Gasteiger partial charge in [0, 0.05) is 18.9 Å². The highest BCUT2D eigenvalue weighted by molar-refractivity contribution is 5.18. The molecule has 0 aliphatic heterocycles. The Labute approximate surface area is 164 Å². The number of ether oxygens (including phenoxy) is 1. The molecule has 1 aliphatic carbocycles. The van der Waals surface area contributed by atoms with Gasteiger partial charge in [0.2, 0.25) is 0 Å². The van der Waals surface area contributed by atoms with Crippen molar-refractivity contribution < 1.29 is 9.84 Å². The van der Waals surface area contributed by atoms with Crippen molar-refractivity contribution in [3.05, 3.63) is 71.8 Å². The molecule has 1 saturated carbocycles. The Bertz CT molecular complexity index is 673. The van der Waals surface area contributed by atoms with Gasteiger partial charge in [0.15, 0.2) is 0 Å². The van der Waals surface area contributed by atoms with Crippen molar-refractivity contribution in [2.45, 2.75) is 50.4 Å². The lowest BCUT2D eigenvalue weighted by atomic mass is 9.78. The highest BCUT2D eigenvalue weighted by Gasteiger charge is 2.40. The summed E-state index contributed by atoms with van der Waals surface area (Å²) < 4.78 is 6.27. The van der Waals surface area contributed by atoms with Gasteiger partial charge in [-0.2, -0.15) is 0 Å². The predicted molar refractivity (Wildman–Crippen MR) is 111 cm³/mol. The summed E-state index contributed by atoms with van der Waals surface area (Å²) in [6.45, 7) is 1.53. The van der Waals surface area contributed by atoms with Crippen molar-refractivity contribution in [2.24, 2.45) is 5.92 Å². The van der Waals surface area contributed by atoms with Crippen LogP contribution in [-0.4, -0.2) is 42.4 Å². The third kappa shape index (κ3) is 5.90. The summed E-state index contributed by atoms with van der Waals surface area (Å²) in [5.74, 6) is 0.205. The molecule has 1 fully saturated rings. The van der Waals surface area contributed by atoms with E-state index in [2.05, 4.69) is 67.5 Å². The fourth-order valence-electron chi connectivity index (χ4n) is 4.30. The van der Waals surface area contributed by atoms with E-state index in [1.807, 2.05) is 12.1 Å². The van der Waals surface area contributed by atoms with Crippen LogP contribution >= 0.6 is 0 Å². The highest BCUT2D eigenvalue weighted by atomic mass is 16.5. The van der Waals surface area contributed by atoms with Crippen LogP contribution in [0.5, 0.6) is 0 Å². The van der Waals surface area contributed by atoms with Gasteiger partial charge >= 0.3 is 0 Å². The van der Waals surface area contributed by atoms with Gasteiger partial charge in [-0.25, -0.2) is 0 Å². The largest absolute Gasteiger partial charge is 0.389 e. The van der Waals surface area contributed by atoms with Gasteiger partial charge in [0.05, 0.1) is 18.3 Å². The molecule has 1 aliphatic rings. The normalized spacial score (nSPS) is 26.1. The smallest absolute Gasteiger partial charge is 0.0729 e. The van der Waals surface area contributed by atoms with Gasteiger partial charge in [-0.15, -0.1) is 0 Å². The molecule has 3 heteroatoms. The first kappa shape index (κ1) is 20.1. The monoisotopic (exact) mass is 367 g/mol. The SMILES string of the molecule is CN(C)C[C@@H]1CC(OCc2ccccc2)CCC[C@@]1(O)Cc1ccccc1. The molecule has 2 aromatic carbocycles. The van der Waals surface area contributed by atoms with Crippen molar-refractivity contribution in [2.75, 3.05) is 20.6 Å².